The maximum absolute atomic E-state index is 13.8. The summed E-state index contributed by atoms with van der Waals surface area (Å²) >= 11 is 3.24. The molecule has 2 rings (SSSR count). The van der Waals surface area contributed by atoms with Crippen LogP contribution in [0, 0.1) is 22.6 Å². The highest BCUT2D eigenvalue weighted by molar-refractivity contribution is 9.10. The Bertz CT molecular complexity index is 480. The molecule has 0 spiro atoms. The van der Waals surface area contributed by atoms with Gasteiger partial charge in [0.2, 0.25) is 0 Å². The van der Waals surface area contributed by atoms with E-state index in [2.05, 4.69) is 22.0 Å². The summed E-state index contributed by atoms with van der Waals surface area (Å²) in [5.74, 6) is -0.494. The highest BCUT2D eigenvalue weighted by Crippen LogP contribution is 2.43. The molecule has 5 heteroatoms. The summed E-state index contributed by atoms with van der Waals surface area (Å²) in [6.07, 6.45) is -0.309. The summed E-state index contributed by atoms with van der Waals surface area (Å²) in [6.45, 7) is 0.834. The Kier molecular flexibility index (Phi) is 4.00. The van der Waals surface area contributed by atoms with Gasteiger partial charge in [0.25, 0.3) is 0 Å². The standard InChI is InChI=1S/C13H13BrFNO2/c14-9-1-2-11(15)10(7-9)12(17)13(8-16)3-5-18-6-4-13/h1-2,7,12,17H,3-6H2. The first-order valence-electron chi connectivity index (χ1n) is 5.71. The van der Waals surface area contributed by atoms with Crippen molar-refractivity contribution in [1.29, 1.82) is 5.26 Å². The minimum atomic E-state index is -1.14. The van der Waals surface area contributed by atoms with Gasteiger partial charge in [-0.15, -0.1) is 0 Å². The lowest BCUT2D eigenvalue weighted by atomic mass is 9.74. The Morgan fingerprint density at radius 3 is 2.72 bits per heavy atom. The van der Waals surface area contributed by atoms with E-state index in [0.29, 0.717) is 30.5 Å². The summed E-state index contributed by atoms with van der Waals surface area (Å²) in [6, 6.07) is 6.52. The lowest BCUT2D eigenvalue weighted by Crippen LogP contribution is -2.34. The van der Waals surface area contributed by atoms with Gasteiger partial charge in [-0.2, -0.15) is 5.26 Å². The molecule has 0 aromatic heterocycles. The molecular weight excluding hydrogens is 301 g/mol. The third kappa shape index (κ3) is 2.41. The number of rotatable bonds is 2. The average Bonchev–Trinajstić information content (AvgIpc) is 2.41. The number of halogens is 2. The average molecular weight is 314 g/mol. The van der Waals surface area contributed by atoms with Crippen LogP contribution in [0.2, 0.25) is 0 Å². The fraction of sp³-hybridized carbons (Fsp3) is 0.462. The van der Waals surface area contributed by atoms with Crippen molar-refractivity contribution >= 4 is 15.9 Å². The first-order valence-corrected chi connectivity index (χ1v) is 6.50. The predicted molar refractivity (Wildman–Crippen MR) is 67.2 cm³/mol. The predicted octanol–water partition coefficient (Wildman–Crippen LogP) is 2.94. The minimum Gasteiger partial charge on any atom is -0.387 e. The van der Waals surface area contributed by atoms with Gasteiger partial charge < -0.3 is 9.84 Å². The number of hydrogen-bond acceptors (Lipinski definition) is 3. The fourth-order valence-electron chi connectivity index (χ4n) is 2.20. The molecule has 1 unspecified atom stereocenters. The van der Waals surface area contributed by atoms with Crippen molar-refractivity contribution in [3.63, 3.8) is 0 Å². The Morgan fingerprint density at radius 1 is 1.44 bits per heavy atom. The molecule has 1 fully saturated rings. The number of hydrogen-bond donors (Lipinski definition) is 1. The maximum atomic E-state index is 13.8. The summed E-state index contributed by atoms with van der Waals surface area (Å²) < 4.78 is 19.6. The third-order valence-corrected chi connectivity index (χ3v) is 3.88. The van der Waals surface area contributed by atoms with E-state index in [1.54, 1.807) is 6.07 Å². The molecule has 96 valence electrons. The van der Waals surface area contributed by atoms with Gasteiger partial charge in [-0.1, -0.05) is 15.9 Å². The first-order chi connectivity index (χ1) is 8.59. The van der Waals surface area contributed by atoms with Crippen LogP contribution in [0.1, 0.15) is 24.5 Å². The largest absolute Gasteiger partial charge is 0.387 e. The molecule has 1 aliphatic rings. The summed E-state index contributed by atoms with van der Waals surface area (Å²) in [7, 11) is 0. The molecule has 0 amide bonds. The number of aliphatic hydroxyl groups excluding tert-OH is 1. The summed E-state index contributed by atoms with van der Waals surface area (Å²) in [4.78, 5) is 0. The second-order valence-electron chi connectivity index (χ2n) is 4.45. The summed E-state index contributed by atoms with van der Waals surface area (Å²) in [5, 5.41) is 19.7. The number of ether oxygens (including phenoxy) is 1. The lowest BCUT2D eigenvalue weighted by Gasteiger charge is -2.35. The van der Waals surface area contributed by atoms with Crippen LogP contribution in [0.15, 0.2) is 22.7 Å². The third-order valence-electron chi connectivity index (χ3n) is 3.38. The normalized spacial score (nSPS) is 20.1. The monoisotopic (exact) mass is 313 g/mol. The van der Waals surface area contributed by atoms with Gasteiger partial charge in [0.1, 0.15) is 11.9 Å². The van der Waals surface area contributed by atoms with Crippen LogP contribution in [0.3, 0.4) is 0 Å². The molecule has 0 saturated carbocycles. The van der Waals surface area contributed by atoms with Gasteiger partial charge in [0, 0.05) is 23.2 Å². The molecule has 0 radical (unpaired) electrons. The van der Waals surface area contributed by atoms with Gasteiger partial charge in [-0.05, 0) is 31.0 Å². The zero-order valence-electron chi connectivity index (χ0n) is 9.70. The van der Waals surface area contributed by atoms with Crippen molar-refractivity contribution in [3.8, 4) is 6.07 Å². The van der Waals surface area contributed by atoms with Crippen LogP contribution < -0.4 is 0 Å². The maximum Gasteiger partial charge on any atom is 0.129 e. The van der Waals surface area contributed by atoms with E-state index in [0.717, 1.165) is 0 Å². The lowest BCUT2D eigenvalue weighted by molar-refractivity contribution is -0.0323. The number of nitriles is 1. The smallest absolute Gasteiger partial charge is 0.129 e. The quantitative estimate of drug-likeness (QED) is 0.913. The van der Waals surface area contributed by atoms with Gasteiger partial charge >= 0.3 is 0 Å². The zero-order valence-corrected chi connectivity index (χ0v) is 11.3. The SMILES string of the molecule is N#CC1(C(O)c2cc(Br)ccc2F)CCOCC1. The van der Waals surface area contributed by atoms with E-state index >= 15 is 0 Å². The second kappa shape index (κ2) is 5.35. The van der Waals surface area contributed by atoms with Crippen molar-refractivity contribution in [2.75, 3.05) is 13.2 Å². The Hall–Kier alpha value is -0.960. The minimum absolute atomic E-state index is 0.160. The number of benzene rings is 1. The molecule has 3 nitrogen and oxygen atoms in total. The van der Waals surface area contributed by atoms with Gasteiger partial charge in [0.05, 0.1) is 11.5 Å². The molecule has 18 heavy (non-hydrogen) atoms. The van der Waals surface area contributed by atoms with Gasteiger partial charge in [0.15, 0.2) is 0 Å². The molecule has 1 heterocycles. The molecule has 1 aromatic rings. The Labute approximate surface area is 113 Å². The molecule has 1 aromatic carbocycles. The van der Waals surface area contributed by atoms with Crippen molar-refractivity contribution < 1.29 is 14.2 Å². The van der Waals surface area contributed by atoms with Crippen molar-refractivity contribution in [2.24, 2.45) is 5.41 Å². The molecule has 0 bridgehead atoms. The van der Waals surface area contributed by atoms with E-state index in [1.165, 1.54) is 12.1 Å². The second-order valence-corrected chi connectivity index (χ2v) is 5.36. The molecule has 1 saturated heterocycles. The number of aliphatic hydroxyl groups is 1. The molecular formula is C13H13BrFNO2. The Morgan fingerprint density at radius 2 is 2.11 bits per heavy atom. The highest BCUT2D eigenvalue weighted by Gasteiger charge is 2.41. The van der Waals surface area contributed by atoms with Crippen LogP contribution in [-0.4, -0.2) is 18.3 Å². The topological polar surface area (TPSA) is 53.2 Å². The zero-order chi connectivity index (χ0) is 13.2. The van der Waals surface area contributed by atoms with Crippen LogP contribution >= 0.6 is 15.9 Å². The molecule has 0 aliphatic carbocycles. The molecule has 1 atom stereocenters. The van der Waals surface area contributed by atoms with Gasteiger partial charge in [-0.3, -0.25) is 0 Å². The molecule has 1 N–H and O–H groups in total. The van der Waals surface area contributed by atoms with Crippen molar-refractivity contribution in [2.45, 2.75) is 18.9 Å². The Balaban J connectivity index is 2.37. The first kappa shape index (κ1) is 13.5. The van der Waals surface area contributed by atoms with Crippen LogP contribution in [-0.2, 0) is 4.74 Å². The van der Waals surface area contributed by atoms with E-state index < -0.39 is 17.3 Å². The van der Waals surface area contributed by atoms with Crippen LogP contribution in [0.25, 0.3) is 0 Å². The summed E-state index contributed by atoms with van der Waals surface area (Å²) in [5.41, 5.74) is -0.798. The van der Waals surface area contributed by atoms with Crippen LogP contribution in [0.4, 0.5) is 4.39 Å². The van der Waals surface area contributed by atoms with Crippen molar-refractivity contribution in [3.05, 3.63) is 34.1 Å². The molecule has 1 aliphatic heterocycles. The van der Waals surface area contributed by atoms with E-state index in [4.69, 9.17) is 4.74 Å². The van der Waals surface area contributed by atoms with Crippen molar-refractivity contribution in [1.82, 2.24) is 0 Å². The fourth-order valence-corrected chi connectivity index (χ4v) is 2.58. The number of nitrogens with zero attached hydrogens (tertiary/aromatic N) is 1. The van der Waals surface area contributed by atoms with Crippen LogP contribution in [0.5, 0.6) is 0 Å². The van der Waals surface area contributed by atoms with E-state index in [1.807, 2.05) is 0 Å². The highest BCUT2D eigenvalue weighted by atomic mass is 79.9. The van der Waals surface area contributed by atoms with Gasteiger partial charge in [-0.25, -0.2) is 4.39 Å². The van der Waals surface area contributed by atoms with E-state index in [-0.39, 0.29) is 5.56 Å². The van der Waals surface area contributed by atoms with E-state index in [9.17, 15) is 14.8 Å².